The summed E-state index contributed by atoms with van der Waals surface area (Å²) < 4.78 is 0. The van der Waals surface area contributed by atoms with Gasteiger partial charge in [0.15, 0.2) is 5.78 Å². The van der Waals surface area contributed by atoms with Gasteiger partial charge in [-0.1, -0.05) is 29.8 Å². The van der Waals surface area contributed by atoms with Gasteiger partial charge < -0.3 is 10.2 Å². The Balaban J connectivity index is 0.00000300. The minimum Gasteiger partial charge on any atom is -0.316 e. The first-order valence-corrected chi connectivity index (χ1v) is 10.3. The number of Topliss-reactive ketones (excluding diaryl/α,β-unsaturated/α-hetero) is 1. The Bertz CT molecular complexity index is 855. The lowest BCUT2D eigenvalue weighted by molar-refractivity contribution is -0.118. The van der Waals surface area contributed by atoms with E-state index in [2.05, 4.69) is 11.4 Å². The molecule has 0 aromatic heterocycles. The van der Waals surface area contributed by atoms with Gasteiger partial charge in [-0.2, -0.15) is 0 Å². The molecule has 0 fully saturated rings. The molecule has 1 aliphatic heterocycles. The first-order valence-electron chi connectivity index (χ1n) is 9.93. The van der Waals surface area contributed by atoms with Gasteiger partial charge in [-0.3, -0.25) is 9.59 Å². The van der Waals surface area contributed by atoms with E-state index in [-0.39, 0.29) is 24.1 Å². The number of anilines is 1. The monoisotopic (exact) mass is 434 g/mol. The van der Waals surface area contributed by atoms with Crippen LogP contribution in [-0.4, -0.2) is 31.8 Å². The van der Waals surface area contributed by atoms with Crippen LogP contribution in [0.5, 0.6) is 0 Å². The Kier molecular flexibility index (Phi) is 9.15. The molecule has 6 heteroatoms. The molecule has 0 saturated heterocycles. The van der Waals surface area contributed by atoms with E-state index < -0.39 is 0 Å². The van der Waals surface area contributed by atoms with Crippen LogP contribution in [0.4, 0.5) is 5.69 Å². The molecular formula is C23H28Cl2N2O2. The lowest BCUT2D eigenvalue weighted by Crippen LogP contribution is -2.31. The molecule has 1 amide bonds. The molecule has 1 aliphatic rings. The molecule has 29 heavy (non-hydrogen) atoms. The molecule has 0 spiro atoms. The summed E-state index contributed by atoms with van der Waals surface area (Å²) in [7, 11) is 1.79. The zero-order chi connectivity index (χ0) is 19.9. The van der Waals surface area contributed by atoms with E-state index in [9.17, 15) is 9.59 Å². The summed E-state index contributed by atoms with van der Waals surface area (Å²) in [5, 5.41) is 4.23. The minimum absolute atomic E-state index is 0. The fourth-order valence-corrected chi connectivity index (χ4v) is 3.79. The van der Waals surface area contributed by atoms with Crippen LogP contribution in [0, 0.1) is 0 Å². The zero-order valence-electron chi connectivity index (χ0n) is 16.7. The number of carbonyl (C=O) groups excluding carboxylic acids is 2. The molecule has 156 valence electrons. The number of fused-ring (bicyclic) bond motifs is 1. The number of nitrogens with one attached hydrogen (secondary N) is 1. The van der Waals surface area contributed by atoms with Crippen LogP contribution in [0.15, 0.2) is 42.5 Å². The van der Waals surface area contributed by atoms with Crippen LogP contribution in [0.2, 0.25) is 5.02 Å². The highest BCUT2D eigenvalue weighted by molar-refractivity contribution is 6.31. The molecule has 1 heterocycles. The number of ketones is 1. The Labute approximate surface area is 184 Å². The fourth-order valence-electron chi connectivity index (χ4n) is 3.56. The van der Waals surface area contributed by atoms with E-state index in [0.717, 1.165) is 66.2 Å². The Hall–Kier alpha value is -1.88. The molecule has 0 radical (unpaired) electrons. The number of aryl methyl sites for hydroxylation is 1. The second-order valence-electron chi connectivity index (χ2n) is 7.27. The van der Waals surface area contributed by atoms with Gasteiger partial charge in [-0.15, -0.1) is 12.4 Å². The number of rotatable bonds is 9. The van der Waals surface area contributed by atoms with Gasteiger partial charge >= 0.3 is 0 Å². The van der Waals surface area contributed by atoms with Gasteiger partial charge in [0.05, 0.1) is 0 Å². The number of nitrogens with zero attached hydrogens (tertiary/aromatic N) is 1. The number of carbonyl (C=O) groups is 2. The summed E-state index contributed by atoms with van der Waals surface area (Å²) in [6, 6.07) is 13.6. The molecule has 4 nitrogen and oxygen atoms in total. The van der Waals surface area contributed by atoms with E-state index >= 15 is 0 Å². The van der Waals surface area contributed by atoms with Crippen molar-refractivity contribution in [2.75, 3.05) is 25.0 Å². The van der Waals surface area contributed by atoms with Crippen molar-refractivity contribution in [3.63, 3.8) is 0 Å². The molecule has 2 aromatic rings. The van der Waals surface area contributed by atoms with Crippen molar-refractivity contribution in [3.8, 4) is 0 Å². The molecule has 0 atom stereocenters. The van der Waals surface area contributed by atoms with E-state index in [1.54, 1.807) is 11.9 Å². The standard InChI is InChI=1S/C23H27ClN2O2.ClH/c1-26-21-11-9-19(16-18(21)10-12-23(26)28)22(27)8-4-5-14-25-15-13-17-6-2-3-7-20(17)24;/h2-3,6-7,9,11,16,25H,4-5,8,10,12-15H2,1H3;1H. The predicted octanol–water partition coefficient (Wildman–Crippen LogP) is 4.86. The maximum Gasteiger partial charge on any atom is 0.227 e. The minimum atomic E-state index is 0. The van der Waals surface area contributed by atoms with Crippen LogP contribution >= 0.6 is 24.0 Å². The molecule has 0 aliphatic carbocycles. The second-order valence-corrected chi connectivity index (χ2v) is 7.68. The van der Waals surface area contributed by atoms with Gasteiger partial charge in [-0.25, -0.2) is 0 Å². The first-order chi connectivity index (χ1) is 13.6. The average molecular weight is 435 g/mol. The zero-order valence-corrected chi connectivity index (χ0v) is 18.3. The van der Waals surface area contributed by atoms with Gasteiger partial charge in [0.2, 0.25) is 5.91 Å². The van der Waals surface area contributed by atoms with Crippen molar-refractivity contribution in [1.29, 1.82) is 0 Å². The SMILES string of the molecule is CN1C(=O)CCc2cc(C(=O)CCCCNCCc3ccccc3Cl)ccc21.Cl. The molecule has 0 bridgehead atoms. The van der Waals surface area contributed by atoms with E-state index in [1.165, 1.54) is 0 Å². The summed E-state index contributed by atoms with van der Waals surface area (Å²) in [4.78, 5) is 25.9. The second kappa shape index (κ2) is 11.3. The first kappa shape index (κ1) is 23.4. The summed E-state index contributed by atoms with van der Waals surface area (Å²) in [6.07, 6.45) is 4.53. The lowest BCUT2D eigenvalue weighted by atomic mass is 9.96. The Morgan fingerprint density at radius 1 is 1.10 bits per heavy atom. The third-order valence-electron chi connectivity index (χ3n) is 5.28. The third-order valence-corrected chi connectivity index (χ3v) is 5.65. The van der Waals surface area contributed by atoms with Crippen molar-refractivity contribution >= 4 is 41.4 Å². The van der Waals surface area contributed by atoms with Gasteiger partial charge in [-0.05, 0) is 74.2 Å². The van der Waals surface area contributed by atoms with Crippen molar-refractivity contribution in [1.82, 2.24) is 5.32 Å². The van der Waals surface area contributed by atoms with Crippen LogP contribution in [-0.2, 0) is 17.6 Å². The summed E-state index contributed by atoms with van der Waals surface area (Å²) in [6.45, 7) is 1.78. The van der Waals surface area contributed by atoms with Crippen molar-refractivity contribution < 1.29 is 9.59 Å². The number of amides is 1. The van der Waals surface area contributed by atoms with Crippen LogP contribution in [0.25, 0.3) is 0 Å². The number of unbranched alkanes of at least 4 members (excludes halogenated alkanes) is 1. The third kappa shape index (κ3) is 6.30. The largest absolute Gasteiger partial charge is 0.316 e. The molecular weight excluding hydrogens is 407 g/mol. The lowest BCUT2D eigenvalue weighted by Gasteiger charge is -2.26. The summed E-state index contributed by atoms with van der Waals surface area (Å²) >= 11 is 6.15. The topological polar surface area (TPSA) is 49.4 Å². The summed E-state index contributed by atoms with van der Waals surface area (Å²) in [5.74, 6) is 0.312. The molecule has 1 N–H and O–H groups in total. The number of hydrogen-bond acceptors (Lipinski definition) is 3. The van der Waals surface area contributed by atoms with Crippen LogP contribution in [0.1, 0.15) is 47.2 Å². The molecule has 3 rings (SSSR count). The van der Waals surface area contributed by atoms with Crippen LogP contribution in [0.3, 0.4) is 0 Å². The van der Waals surface area contributed by atoms with Gasteiger partial charge in [0, 0.05) is 36.2 Å². The maximum atomic E-state index is 12.5. The highest BCUT2D eigenvalue weighted by Gasteiger charge is 2.21. The predicted molar refractivity (Wildman–Crippen MR) is 122 cm³/mol. The number of halogens is 2. The Morgan fingerprint density at radius 3 is 2.69 bits per heavy atom. The Morgan fingerprint density at radius 2 is 1.90 bits per heavy atom. The fraction of sp³-hybridized carbons (Fsp3) is 0.391. The normalized spacial score (nSPS) is 13.0. The van der Waals surface area contributed by atoms with Gasteiger partial charge in [0.25, 0.3) is 0 Å². The van der Waals surface area contributed by atoms with E-state index in [0.29, 0.717) is 12.8 Å². The summed E-state index contributed by atoms with van der Waals surface area (Å²) in [5.41, 5.74) is 3.93. The molecule has 2 aromatic carbocycles. The van der Waals surface area contributed by atoms with Crippen molar-refractivity contribution in [2.24, 2.45) is 0 Å². The van der Waals surface area contributed by atoms with E-state index in [1.807, 2.05) is 36.4 Å². The van der Waals surface area contributed by atoms with Crippen molar-refractivity contribution in [3.05, 3.63) is 64.2 Å². The molecule has 0 saturated carbocycles. The van der Waals surface area contributed by atoms with Gasteiger partial charge in [0.1, 0.15) is 0 Å². The number of benzene rings is 2. The van der Waals surface area contributed by atoms with Crippen LogP contribution < -0.4 is 10.2 Å². The quantitative estimate of drug-likeness (QED) is 0.452. The molecule has 0 unspecified atom stereocenters. The maximum absolute atomic E-state index is 12.5. The number of hydrogen-bond donors (Lipinski definition) is 1. The van der Waals surface area contributed by atoms with Crippen molar-refractivity contribution in [2.45, 2.75) is 38.5 Å². The average Bonchev–Trinajstić information content (AvgIpc) is 2.71. The highest BCUT2D eigenvalue weighted by Crippen LogP contribution is 2.28. The highest BCUT2D eigenvalue weighted by atomic mass is 35.5. The van der Waals surface area contributed by atoms with E-state index in [4.69, 9.17) is 11.6 Å². The smallest absolute Gasteiger partial charge is 0.227 e.